The molecule has 8 heteroatoms. The molecular formula is C12H12BF4N2O-. The van der Waals surface area contributed by atoms with Gasteiger partial charge in [0.05, 0.1) is 12.3 Å². The Kier molecular flexibility index (Phi) is 4.01. The summed E-state index contributed by atoms with van der Waals surface area (Å²) in [4.78, 5) is 3.98. The fourth-order valence-electron chi connectivity index (χ4n) is 1.80. The molecule has 0 amide bonds. The predicted molar refractivity (Wildman–Crippen MR) is 67.6 cm³/mol. The lowest BCUT2D eigenvalue weighted by Gasteiger charge is -2.20. The van der Waals surface area contributed by atoms with Gasteiger partial charge in [0.1, 0.15) is 18.2 Å². The van der Waals surface area contributed by atoms with Crippen molar-refractivity contribution in [2.45, 2.75) is 13.5 Å². The van der Waals surface area contributed by atoms with Crippen LogP contribution in [0.3, 0.4) is 0 Å². The SMILES string of the molecule is Cc1nccn1CCOc1cc(F)ccc1[B-](F)(F)F. The Morgan fingerprint density at radius 2 is 2.05 bits per heavy atom. The van der Waals surface area contributed by atoms with Gasteiger partial charge in [0.15, 0.2) is 0 Å². The summed E-state index contributed by atoms with van der Waals surface area (Å²) in [7, 11) is 0. The highest BCUT2D eigenvalue weighted by Gasteiger charge is 2.29. The highest BCUT2D eigenvalue weighted by atomic mass is 19.4. The first kappa shape index (κ1) is 14.4. The van der Waals surface area contributed by atoms with E-state index in [1.807, 2.05) is 0 Å². The Bertz CT molecular complexity index is 597. The predicted octanol–water partition coefficient (Wildman–Crippen LogP) is 2.46. The van der Waals surface area contributed by atoms with Gasteiger partial charge in [-0.3, -0.25) is 0 Å². The largest absolute Gasteiger partial charge is 0.513 e. The lowest BCUT2D eigenvalue weighted by atomic mass is 9.79. The third-order valence-corrected chi connectivity index (χ3v) is 2.84. The zero-order chi connectivity index (χ0) is 14.8. The van der Waals surface area contributed by atoms with Crippen LogP contribution in [-0.4, -0.2) is 23.1 Å². The molecule has 0 N–H and O–H groups in total. The van der Waals surface area contributed by atoms with Gasteiger partial charge in [-0.15, -0.1) is 0 Å². The molecule has 0 atom stereocenters. The quantitative estimate of drug-likeness (QED) is 0.624. The standard InChI is InChI=1S/C12H12BF4N2O/c1-9-18-4-5-19(9)6-7-20-12-8-10(14)2-3-11(12)13(15,16)17/h2-5,8H,6-7H2,1H3/q-1. The van der Waals surface area contributed by atoms with E-state index in [0.717, 1.165) is 18.0 Å². The van der Waals surface area contributed by atoms with Crippen LogP contribution in [0.1, 0.15) is 5.82 Å². The van der Waals surface area contributed by atoms with Crippen LogP contribution in [0.4, 0.5) is 17.3 Å². The summed E-state index contributed by atoms with van der Waals surface area (Å²) in [6.45, 7) is -3.12. The number of ether oxygens (including phenoxy) is 1. The molecule has 2 rings (SSSR count). The normalized spacial score (nSPS) is 11.7. The Hall–Kier alpha value is -1.99. The van der Waals surface area contributed by atoms with E-state index in [4.69, 9.17) is 4.74 Å². The van der Waals surface area contributed by atoms with E-state index in [9.17, 15) is 17.3 Å². The molecule has 0 saturated carbocycles. The highest BCUT2D eigenvalue weighted by molar-refractivity contribution is 6.74. The summed E-state index contributed by atoms with van der Waals surface area (Å²) in [6.07, 6.45) is 3.28. The van der Waals surface area contributed by atoms with Gasteiger partial charge in [0.2, 0.25) is 0 Å². The third-order valence-electron chi connectivity index (χ3n) is 2.84. The Morgan fingerprint density at radius 3 is 2.65 bits per heavy atom. The monoisotopic (exact) mass is 287 g/mol. The minimum absolute atomic E-state index is 0.000185. The number of halogens is 4. The van der Waals surface area contributed by atoms with Crippen molar-refractivity contribution in [3.05, 3.63) is 42.2 Å². The van der Waals surface area contributed by atoms with Gasteiger partial charge in [-0.2, -0.15) is 0 Å². The van der Waals surface area contributed by atoms with Crippen LogP contribution >= 0.6 is 0 Å². The molecule has 3 nitrogen and oxygen atoms in total. The summed E-state index contributed by atoms with van der Waals surface area (Å²) < 4.78 is 58.2. The Labute approximate surface area is 113 Å². The van der Waals surface area contributed by atoms with Crippen molar-refractivity contribution in [2.24, 2.45) is 0 Å². The van der Waals surface area contributed by atoms with Crippen molar-refractivity contribution < 1.29 is 22.1 Å². The molecule has 0 aliphatic carbocycles. The van der Waals surface area contributed by atoms with Gasteiger partial charge in [0.25, 0.3) is 0 Å². The van der Waals surface area contributed by atoms with Gasteiger partial charge < -0.3 is 22.3 Å². The summed E-state index contributed by atoms with van der Waals surface area (Å²) in [6, 6.07) is 2.23. The van der Waals surface area contributed by atoms with Crippen LogP contribution in [0.2, 0.25) is 0 Å². The molecule has 1 aromatic heterocycles. The number of imidazole rings is 1. The first-order valence-corrected chi connectivity index (χ1v) is 5.98. The number of hydrogen-bond donors (Lipinski definition) is 0. The molecule has 1 aromatic carbocycles. The van der Waals surface area contributed by atoms with Crippen molar-refractivity contribution in [2.75, 3.05) is 6.61 Å². The van der Waals surface area contributed by atoms with Crippen molar-refractivity contribution in [1.82, 2.24) is 9.55 Å². The second-order valence-corrected chi connectivity index (χ2v) is 4.27. The number of rotatable bonds is 5. The molecule has 0 bridgehead atoms. The molecule has 0 radical (unpaired) electrons. The molecule has 2 aromatic rings. The van der Waals surface area contributed by atoms with Crippen LogP contribution in [0.15, 0.2) is 30.6 Å². The van der Waals surface area contributed by atoms with Crippen molar-refractivity contribution in [3.8, 4) is 5.75 Å². The Morgan fingerprint density at radius 1 is 1.30 bits per heavy atom. The van der Waals surface area contributed by atoms with Gasteiger partial charge in [-0.05, 0) is 13.0 Å². The fraction of sp³-hybridized carbons (Fsp3) is 0.250. The van der Waals surface area contributed by atoms with E-state index in [1.54, 1.807) is 23.9 Å². The number of nitrogens with zero attached hydrogens (tertiary/aromatic N) is 2. The fourth-order valence-corrected chi connectivity index (χ4v) is 1.80. The van der Waals surface area contributed by atoms with E-state index in [0.29, 0.717) is 12.6 Å². The average molecular weight is 287 g/mol. The molecule has 1 heterocycles. The summed E-state index contributed by atoms with van der Waals surface area (Å²) in [5.41, 5.74) is -0.922. The zero-order valence-electron chi connectivity index (χ0n) is 10.7. The van der Waals surface area contributed by atoms with Gasteiger partial charge in [0, 0.05) is 18.5 Å². The Balaban J connectivity index is 2.09. The smallest absolute Gasteiger partial charge is 0.495 e. The second kappa shape index (κ2) is 5.56. The molecule has 0 aliphatic heterocycles. The van der Waals surface area contributed by atoms with Crippen molar-refractivity contribution in [3.63, 3.8) is 0 Å². The first-order valence-electron chi connectivity index (χ1n) is 5.98. The van der Waals surface area contributed by atoms with Crippen molar-refractivity contribution >= 4 is 12.4 Å². The first-order chi connectivity index (χ1) is 9.38. The van der Waals surface area contributed by atoms with Gasteiger partial charge >= 0.3 is 6.98 Å². The van der Waals surface area contributed by atoms with E-state index < -0.39 is 24.0 Å². The van der Waals surface area contributed by atoms with E-state index in [1.165, 1.54) is 0 Å². The van der Waals surface area contributed by atoms with Crippen LogP contribution in [-0.2, 0) is 6.54 Å². The minimum atomic E-state index is -5.23. The van der Waals surface area contributed by atoms with E-state index in [-0.39, 0.29) is 6.61 Å². The van der Waals surface area contributed by atoms with Crippen LogP contribution < -0.4 is 10.2 Å². The molecule has 0 fully saturated rings. The second-order valence-electron chi connectivity index (χ2n) is 4.27. The summed E-state index contributed by atoms with van der Waals surface area (Å²) in [5.74, 6) is -0.508. The van der Waals surface area contributed by atoms with Crippen molar-refractivity contribution in [1.29, 1.82) is 0 Å². The zero-order valence-corrected chi connectivity index (χ0v) is 10.7. The van der Waals surface area contributed by atoms with Gasteiger partial charge in [-0.25, -0.2) is 9.37 Å². The van der Waals surface area contributed by atoms with Crippen LogP contribution in [0, 0.1) is 12.7 Å². The number of hydrogen-bond acceptors (Lipinski definition) is 2. The molecule has 0 spiro atoms. The lowest BCUT2D eigenvalue weighted by molar-refractivity contribution is 0.296. The summed E-state index contributed by atoms with van der Waals surface area (Å²) >= 11 is 0. The number of benzene rings is 1. The van der Waals surface area contributed by atoms with Crippen LogP contribution in [0.25, 0.3) is 0 Å². The average Bonchev–Trinajstić information content (AvgIpc) is 2.74. The molecular weight excluding hydrogens is 275 g/mol. The highest BCUT2D eigenvalue weighted by Crippen LogP contribution is 2.19. The molecule has 0 saturated heterocycles. The maximum atomic E-state index is 13.0. The maximum Gasteiger partial charge on any atom is 0.513 e. The molecule has 20 heavy (non-hydrogen) atoms. The number of aryl methyl sites for hydroxylation is 1. The molecule has 0 aliphatic rings. The maximum absolute atomic E-state index is 13.0. The summed E-state index contributed by atoms with van der Waals surface area (Å²) in [5, 5.41) is 0. The number of aromatic nitrogens is 2. The third kappa shape index (κ3) is 3.31. The van der Waals surface area contributed by atoms with Gasteiger partial charge in [-0.1, -0.05) is 11.5 Å². The molecule has 0 unspecified atom stereocenters. The van der Waals surface area contributed by atoms with E-state index in [2.05, 4.69) is 4.98 Å². The molecule has 108 valence electrons. The van der Waals surface area contributed by atoms with Crippen LogP contribution in [0.5, 0.6) is 5.75 Å². The lowest BCUT2D eigenvalue weighted by Crippen LogP contribution is -2.35. The topological polar surface area (TPSA) is 27.1 Å². The minimum Gasteiger partial charge on any atom is -0.495 e. The van der Waals surface area contributed by atoms with E-state index >= 15 is 0 Å².